The Morgan fingerprint density at radius 2 is 1.89 bits per heavy atom. The van der Waals surface area contributed by atoms with Crippen LogP contribution in [0.2, 0.25) is 0 Å². The fourth-order valence-electron chi connectivity index (χ4n) is 5.71. The number of hydrogen-bond donors (Lipinski definition) is 1. The summed E-state index contributed by atoms with van der Waals surface area (Å²) in [5.41, 5.74) is 8.53. The molecule has 0 spiro atoms. The average Bonchev–Trinajstić information content (AvgIpc) is 3.34. The number of likely N-dealkylation sites (tertiary alicyclic amines) is 1. The predicted molar refractivity (Wildman–Crippen MR) is 141 cm³/mol. The number of carbonyl (C=O) groups is 1. The highest BCUT2D eigenvalue weighted by Gasteiger charge is 2.28. The molecule has 5 nitrogen and oxygen atoms in total. The summed E-state index contributed by atoms with van der Waals surface area (Å²) < 4.78 is 0. The standard InChI is InChI=1S/C30H40N2O3/c1-4-24-17-26(11-12-27(24)18-32-15-14-28(19-32)30(33)34)22(3)31-35-20-23-10-13-29(21(2)16-23)25-8-6-5-7-9-25/h10-13,16-17,25,28H,4-9,14-15,18-20H2,1-3H3,(H,33,34). The molecule has 1 saturated heterocycles. The normalized spacial score (nSPS) is 19.7. The van der Waals surface area contributed by atoms with Crippen LogP contribution in [-0.4, -0.2) is 34.8 Å². The van der Waals surface area contributed by atoms with E-state index >= 15 is 0 Å². The number of hydrogen-bond acceptors (Lipinski definition) is 4. The molecule has 1 aliphatic carbocycles. The van der Waals surface area contributed by atoms with Crippen molar-refractivity contribution in [2.75, 3.05) is 13.1 Å². The number of carboxylic acids is 1. The lowest BCUT2D eigenvalue weighted by molar-refractivity contribution is -0.141. The maximum absolute atomic E-state index is 11.3. The molecule has 35 heavy (non-hydrogen) atoms. The van der Waals surface area contributed by atoms with Crippen molar-refractivity contribution < 1.29 is 14.7 Å². The van der Waals surface area contributed by atoms with E-state index in [1.807, 2.05) is 6.92 Å². The van der Waals surface area contributed by atoms with Crippen LogP contribution < -0.4 is 0 Å². The average molecular weight is 477 g/mol. The fraction of sp³-hybridized carbons (Fsp3) is 0.533. The lowest BCUT2D eigenvalue weighted by Crippen LogP contribution is -2.23. The number of aliphatic carboxylic acids is 1. The van der Waals surface area contributed by atoms with Gasteiger partial charge in [-0.15, -0.1) is 0 Å². The maximum Gasteiger partial charge on any atom is 0.307 e. The van der Waals surface area contributed by atoms with Crippen molar-refractivity contribution in [3.05, 3.63) is 69.8 Å². The van der Waals surface area contributed by atoms with E-state index in [0.717, 1.165) is 48.7 Å². The van der Waals surface area contributed by atoms with Gasteiger partial charge in [-0.25, -0.2) is 0 Å². The van der Waals surface area contributed by atoms with Gasteiger partial charge in [0.2, 0.25) is 0 Å². The van der Waals surface area contributed by atoms with Crippen molar-refractivity contribution in [2.24, 2.45) is 11.1 Å². The molecule has 2 fully saturated rings. The van der Waals surface area contributed by atoms with Crippen LogP contribution in [0.1, 0.15) is 91.7 Å². The number of carboxylic acid groups (broad SMARTS) is 1. The Bertz CT molecular complexity index is 1060. The molecule has 1 atom stereocenters. The molecule has 0 amide bonds. The van der Waals surface area contributed by atoms with Crippen molar-refractivity contribution in [1.82, 2.24) is 4.90 Å². The van der Waals surface area contributed by atoms with Crippen molar-refractivity contribution in [1.29, 1.82) is 0 Å². The molecule has 0 bridgehead atoms. The van der Waals surface area contributed by atoms with Gasteiger partial charge in [0.1, 0.15) is 6.61 Å². The Labute approximate surface area is 210 Å². The summed E-state index contributed by atoms with van der Waals surface area (Å²) in [5, 5.41) is 13.7. The van der Waals surface area contributed by atoms with Gasteiger partial charge in [-0.3, -0.25) is 9.69 Å². The van der Waals surface area contributed by atoms with Crippen molar-refractivity contribution in [3.63, 3.8) is 0 Å². The zero-order chi connectivity index (χ0) is 24.8. The van der Waals surface area contributed by atoms with Gasteiger partial charge >= 0.3 is 5.97 Å². The number of rotatable bonds is 9. The third-order valence-electron chi connectivity index (χ3n) is 7.83. The minimum Gasteiger partial charge on any atom is -0.481 e. The highest BCUT2D eigenvalue weighted by Crippen LogP contribution is 2.34. The summed E-state index contributed by atoms with van der Waals surface area (Å²) in [4.78, 5) is 19.3. The van der Waals surface area contributed by atoms with Crippen LogP contribution in [0.25, 0.3) is 0 Å². The van der Waals surface area contributed by atoms with Gasteiger partial charge in [-0.05, 0) is 91.4 Å². The lowest BCUT2D eigenvalue weighted by Gasteiger charge is -2.23. The first kappa shape index (κ1) is 25.4. The molecule has 2 aromatic rings. The monoisotopic (exact) mass is 476 g/mol. The zero-order valence-electron chi connectivity index (χ0n) is 21.6. The summed E-state index contributed by atoms with van der Waals surface area (Å²) in [6.45, 7) is 9.13. The maximum atomic E-state index is 11.3. The highest BCUT2D eigenvalue weighted by atomic mass is 16.6. The quantitative estimate of drug-likeness (QED) is 0.334. The highest BCUT2D eigenvalue weighted by molar-refractivity contribution is 5.98. The summed E-state index contributed by atoms with van der Waals surface area (Å²) in [7, 11) is 0. The van der Waals surface area contributed by atoms with E-state index in [9.17, 15) is 9.90 Å². The Kier molecular flexibility index (Phi) is 8.61. The smallest absolute Gasteiger partial charge is 0.307 e. The number of aryl methyl sites for hydroxylation is 2. The molecular weight excluding hydrogens is 436 g/mol. The Balaban J connectivity index is 1.35. The number of nitrogens with zero attached hydrogens (tertiary/aromatic N) is 2. The van der Waals surface area contributed by atoms with Crippen LogP contribution in [0.4, 0.5) is 0 Å². The largest absolute Gasteiger partial charge is 0.481 e. The van der Waals surface area contributed by atoms with E-state index in [1.165, 1.54) is 54.4 Å². The van der Waals surface area contributed by atoms with Crippen LogP contribution >= 0.6 is 0 Å². The third-order valence-corrected chi connectivity index (χ3v) is 7.83. The van der Waals surface area contributed by atoms with E-state index in [2.05, 4.69) is 60.3 Å². The first-order valence-corrected chi connectivity index (χ1v) is 13.3. The lowest BCUT2D eigenvalue weighted by atomic mass is 9.82. The van der Waals surface area contributed by atoms with Gasteiger partial charge in [0, 0.05) is 13.1 Å². The Hall–Kier alpha value is -2.66. The summed E-state index contributed by atoms with van der Waals surface area (Å²) in [6, 6.07) is 13.2. The minimum atomic E-state index is -0.680. The molecule has 2 aromatic carbocycles. The van der Waals surface area contributed by atoms with E-state index in [-0.39, 0.29) is 5.92 Å². The zero-order valence-corrected chi connectivity index (χ0v) is 21.6. The first-order chi connectivity index (χ1) is 16.9. The van der Waals surface area contributed by atoms with Crippen LogP contribution in [0.15, 0.2) is 41.6 Å². The second kappa shape index (κ2) is 11.9. The van der Waals surface area contributed by atoms with Crippen LogP contribution in [0, 0.1) is 12.8 Å². The molecule has 2 aliphatic rings. The molecule has 1 unspecified atom stereocenters. The van der Waals surface area contributed by atoms with E-state index in [0.29, 0.717) is 13.2 Å². The molecule has 1 heterocycles. The molecular formula is C30H40N2O3. The minimum absolute atomic E-state index is 0.238. The summed E-state index contributed by atoms with van der Waals surface area (Å²) >= 11 is 0. The van der Waals surface area contributed by atoms with Gasteiger partial charge in [-0.1, -0.05) is 61.7 Å². The predicted octanol–water partition coefficient (Wildman–Crippen LogP) is 6.45. The van der Waals surface area contributed by atoms with Gasteiger partial charge < -0.3 is 9.94 Å². The molecule has 0 aromatic heterocycles. The summed E-state index contributed by atoms with van der Waals surface area (Å²) in [5.74, 6) is -0.197. The Morgan fingerprint density at radius 1 is 1.09 bits per heavy atom. The van der Waals surface area contributed by atoms with Crippen LogP contribution in [0.3, 0.4) is 0 Å². The topological polar surface area (TPSA) is 62.1 Å². The first-order valence-electron chi connectivity index (χ1n) is 13.3. The second-order valence-electron chi connectivity index (χ2n) is 10.4. The third kappa shape index (κ3) is 6.52. The van der Waals surface area contributed by atoms with E-state index in [1.54, 1.807) is 0 Å². The molecule has 0 radical (unpaired) electrons. The van der Waals surface area contributed by atoms with Crippen molar-refractivity contribution in [3.8, 4) is 0 Å². The van der Waals surface area contributed by atoms with Gasteiger partial charge in [0.25, 0.3) is 0 Å². The van der Waals surface area contributed by atoms with Gasteiger partial charge in [-0.2, -0.15) is 0 Å². The number of benzene rings is 2. The summed E-state index contributed by atoms with van der Waals surface area (Å²) in [6.07, 6.45) is 8.40. The van der Waals surface area contributed by atoms with Crippen LogP contribution in [-0.2, 0) is 29.2 Å². The molecule has 5 heteroatoms. The van der Waals surface area contributed by atoms with Crippen molar-refractivity contribution in [2.45, 2.75) is 84.8 Å². The van der Waals surface area contributed by atoms with E-state index in [4.69, 9.17) is 4.84 Å². The molecule has 1 saturated carbocycles. The van der Waals surface area contributed by atoms with E-state index < -0.39 is 5.97 Å². The molecule has 4 rings (SSSR count). The molecule has 1 N–H and O–H groups in total. The van der Waals surface area contributed by atoms with Crippen molar-refractivity contribution >= 4 is 11.7 Å². The molecule has 1 aliphatic heterocycles. The SMILES string of the molecule is CCc1cc(C(C)=NOCc2ccc(C3CCCCC3)c(C)c2)ccc1CN1CCC(C(=O)O)C1. The van der Waals surface area contributed by atoms with Gasteiger partial charge in [0.15, 0.2) is 0 Å². The Morgan fingerprint density at radius 3 is 2.57 bits per heavy atom. The number of oxime groups is 1. The molecule has 188 valence electrons. The van der Waals surface area contributed by atoms with Gasteiger partial charge in [0.05, 0.1) is 11.6 Å². The van der Waals surface area contributed by atoms with Crippen LogP contribution in [0.5, 0.6) is 0 Å². The second-order valence-corrected chi connectivity index (χ2v) is 10.4. The fourth-order valence-corrected chi connectivity index (χ4v) is 5.71.